The van der Waals surface area contributed by atoms with E-state index >= 15 is 0 Å². The number of amides is 1. The first-order valence-corrected chi connectivity index (χ1v) is 10.1. The number of nitrogens with zero attached hydrogens (tertiary/aromatic N) is 4. The van der Waals surface area contributed by atoms with Gasteiger partial charge in [0.05, 0.1) is 36.6 Å². The maximum absolute atomic E-state index is 13.5. The summed E-state index contributed by atoms with van der Waals surface area (Å²) >= 11 is 0. The zero-order valence-corrected chi connectivity index (χ0v) is 17.0. The monoisotopic (exact) mass is 386 g/mol. The van der Waals surface area contributed by atoms with Crippen LogP contribution in [0.3, 0.4) is 0 Å². The minimum Gasteiger partial charge on any atom is -0.472 e. The van der Waals surface area contributed by atoms with Crippen molar-refractivity contribution in [1.29, 1.82) is 0 Å². The van der Waals surface area contributed by atoms with E-state index in [1.54, 1.807) is 19.6 Å². The first kappa shape index (κ1) is 19.2. The number of ether oxygens (including phenoxy) is 1. The Morgan fingerprint density at radius 3 is 2.96 bits per heavy atom. The maximum atomic E-state index is 13.5. The van der Waals surface area contributed by atoms with Crippen LogP contribution in [-0.2, 0) is 16.1 Å². The van der Waals surface area contributed by atoms with Crippen LogP contribution in [0.25, 0.3) is 0 Å². The van der Waals surface area contributed by atoms with Crippen molar-refractivity contribution in [2.45, 2.75) is 38.8 Å². The first-order chi connectivity index (χ1) is 13.5. The van der Waals surface area contributed by atoms with E-state index in [9.17, 15) is 4.79 Å². The van der Waals surface area contributed by atoms with E-state index in [0.717, 1.165) is 43.9 Å². The highest BCUT2D eigenvalue weighted by Gasteiger charge is 2.57. The average molecular weight is 386 g/mol. The Balaban J connectivity index is 1.61. The number of carbonyl (C=O) groups excluding carboxylic acids is 1. The zero-order valence-electron chi connectivity index (χ0n) is 17.0. The molecule has 2 atom stereocenters. The minimum atomic E-state index is -0.395. The summed E-state index contributed by atoms with van der Waals surface area (Å²) in [4.78, 5) is 22.6. The SMILES string of the molecule is COCCN1CCC2(CN(Cc3ccoc3)CC2c2cn(C(C)C)cn2)C1=O. The third-order valence-electron chi connectivity index (χ3n) is 6.28. The van der Waals surface area contributed by atoms with Gasteiger partial charge in [-0.3, -0.25) is 9.69 Å². The molecule has 2 aromatic heterocycles. The summed E-state index contributed by atoms with van der Waals surface area (Å²) in [7, 11) is 1.68. The number of hydrogen-bond acceptors (Lipinski definition) is 5. The predicted molar refractivity (Wildman–Crippen MR) is 105 cm³/mol. The van der Waals surface area contributed by atoms with Crippen molar-refractivity contribution in [1.82, 2.24) is 19.4 Å². The molecular formula is C21H30N4O3. The van der Waals surface area contributed by atoms with Gasteiger partial charge in [0.15, 0.2) is 0 Å². The molecule has 28 heavy (non-hydrogen) atoms. The van der Waals surface area contributed by atoms with Crippen molar-refractivity contribution in [2.24, 2.45) is 5.41 Å². The number of likely N-dealkylation sites (tertiary alicyclic amines) is 2. The molecule has 2 aromatic rings. The predicted octanol–water partition coefficient (Wildman–Crippen LogP) is 2.52. The van der Waals surface area contributed by atoms with Crippen LogP contribution < -0.4 is 0 Å². The molecule has 0 aromatic carbocycles. The van der Waals surface area contributed by atoms with Crippen molar-refractivity contribution in [3.8, 4) is 0 Å². The van der Waals surface area contributed by atoms with Gasteiger partial charge in [0.25, 0.3) is 0 Å². The minimum absolute atomic E-state index is 0.111. The fourth-order valence-electron chi connectivity index (χ4n) is 4.70. The fraction of sp³-hybridized carbons (Fsp3) is 0.619. The number of rotatable bonds is 7. The molecule has 2 aliphatic heterocycles. The Hall–Kier alpha value is -2.12. The van der Waals surface area contributed by atoms with Gasteiger partial charge in [-0.15, -0.1) is 0 Å². The third kappa shape index (κ3) is 3.37. The molecule has 4 rings (SSSR count). The molecule has 2 unspecified atom stereocenters. The number of imidazole rings is 1. The number of hydrogen-bond donors (Lipinski definition) is 0. The van der Waals surface area contributed by atoms with Gasteiger partial charge in [-0.25, -0.2) is 4.98 Å². The van der Waals surface area contributed by atoms with Crippen molar-refractivity contribution in [2.75, 3.05) is 39.9 Å². The Morgan fingerprint density at radius 1 is 1.43 bits per heavy atom. The zero-order chi connectivity index (χ0) is 19.7. The lowest BCUT2D eigenvalue weighted by Gasteiger charge is -2.28. The molecule has 2 aliphatic rings. The van der Waals surface area contributed by atoms with Gasteiger partial charge in [-0.2, -0.15) is 0 Å². The van der Waals surface area contributed by atoms with Crippen molar-refractivity contribution in [3.63, 3.8) is 0 Å². The Labute approximate surface area is 166 Å². The molecule has 0 radical (unpaired) electrons. The molecule has 152 valence electrons. The largest absolute Gasteiger partial charge is 0.472 e. The van der Waals surface area contributed by atoms with Gasteiger partial charge < -0.3 is 18.6 Å². The van der Waals surface area contributed by atoms with E-state index in [0.29, 0.717) is 19.2 Å². The lowest BCUT2D eigenvalue weighted by molar-refractivity contribution is -0.136. The summed E-state index contributed by atoms with van der Waals surface area (Å²) in [6, 6.07) is 2.35. The van der Waals surface area contributed by atoms with E-state index in [1.165, 1.54) is 0 Å². The standard InChI is InChI=1S/C21H30N4O3/c1-16(2)25-12-19(22-15-25)18-11-23(10-17-4-8-28-13-17)14-21(18)5-6-24(20(21)26)7-9-27-3/h4,8,12-13,15-16,18H,5-7,9-11,14H2,1-3H3. The molecule has 1 amide bonds. The van der Waals surface area contributed by atoms with Crippen LogP contribution in [0.15, 0.2) is 35.5 Å². The summed E-state index contributed by atoms with van der Waals surface area (Å²) in [5.41, 5.74) is 1.78. The van der Waals surface area contributed by atoms with Crippen LogP contribution in [0, 0.1) is 5.41 Å². The molecule has 0 saturated carbocycles. The van der Waals surface area contributed by atoms with Crippen molar-refractivity contribution >= 4 is 5.91 Å². The Kier molecular flexibility index (Phi) is 5.29. The summed E-state index contributed by atoms with van der Waals surface area (Å²) in [6.45, 7) is 8.72. The number of aromatic nitrogens is 2. The van der Waals surface area contributed by atoms with Gasteiger partial charge >= 0.3 is 0 Å². The fourth-order valence-corrected chi connectivity index (χ4v) is 4.70. The summed E-state index contributed by atoms with van der Waals surface area (Å²) < 4.78 is 12.6. The normalized spacial score (nSPS) is 25.6. The lowest BCUT2D eigenvalue weighted by atomic mass is 9.75. The average Bonchev–Trinajstić information content (AvgIpc) is 3.44. The highest BCUT2D eigenvalue weighted by atomic mass is 16.5. The molecular weight excluding hydrogens is 356 g/mol. The number of methoxy groups -OCH3 is 1. The summed E-state index contributed by atoms with van der Waals surface area (Å²) in [6.07, 6.45) is 8.39. The highest BCUT2D eigenvalue weighted by molar-refractivity contribution is 5.86. The van der Waals surface area contributed by atoms with E-state index in [-0.39, 0.29) is 11.8 Å². The highest BCUT2D eigenvalue weighted by Crippen LogP contribution is 2.49. The molecule has 2 saturated heterocycles. The van der Waals surface area contributed by atoms with Gasteiger partial charge in [-0.1, -0.05) is 0 Å². The van der Waals surface area contributed by atoms with Gasteiger partial charge in [0.2, 0.25) is 5.91 Å². The molecule has 0 bridgehead atoms. The Morgan fingerprint density at radius 2 is 2.29 bits per heavy atom. The van der Waals surface area contributed by atoms with Crippen molar-refractivity contribution in [3.05, 3.63) is 42.4 Å². The second kappa shape index (κ2) is 7.72. The quantitative estimate of drug-likeness (QED) is 0.732. The van der Waals surface area contributed by atoms with Crippen LogP contribution in [0.4, 0.5) is 0 Å². The van der Waals surface area contributed by atoms with Gasteiger partial charge in [0, 0.05) is 63.6 Å². The van der Waals surface area contributed by atoms with Crippen LogP contribution in [0.1, 0.15) is 43.5 Å². The van der Waals surface area contributed by atoms with Crippen molar-refractivity contribution < 1.29 is 13.9 Å². The maximum Gasteiger partial charge on any atom is 0.230 e. The second-order valence-corrected chi connectivity index (χ2v) is 8.38. The Bertz CT molecular complexity index is 800. The lowest BCUT2D eigenvalue weighted by Crippen LogP contribution is -2.40. The third-order valence-corrected chi connectivity index (χ3v) is 6.28. The van der Waals surface area contributed by atoms with Gasteiger partial charge in [0.1, 0.15) is 0 Å². The van der Waals surface area contributed by atoms with E-state index in [2.05, 4.69) is 29.5 Å². The van der Waals surface area contributed by atoms with Crippen LogP contribution in [0.5, 0.6) is 0 Å². The molecule has 7 nitrogen and oxygen atoms in total. The van der Waals surface area contributed by atoms with E-state index in [4.69, 9.17) is 14.1 Å². The molecule has 4 heterocycles. The molecule has 7 heteroatoms. The topological polar surface area (TPSA) is 63.7 Å². The second-order valence-electron chi connectivity index (χ2n) is 8.38. The smallest absolute Gasteiger partial charge is 0.230 e. The molecule has 1 spiro atoms. The van der Waals surface area contributed by atoms with Gasteiger partial charge in [-0.05, 0) is 26.3 Å². The molecule has 0 N–H and O–H groups in total. The van der Waals surface area contributed by atoms with Crippen LogP contribution in [0.2, 0.25) is 0 Å². The van der Waals surface area contributed by atoms with Crippen LogP contribution >= 0.6 is 0 Å². The molecule has 0 aliphatic carbocycles. The first-order valence-electron chi connectivity index (χ1n) is 10.1. The summed E-state index contributed by atoms with van der Waals surface area (Å²) in [5.74, 6) is 0.364. The summed E-state index contributed by atoms with van der Waals surface area (Å²) in [5, 5.41) is 0. The van der Waals surface area contributed by atoms with Crippen LogP contribution in [-0.4, -0.2) is 65.2 Å². The number of carbonyl (C=O) groups is 1. The van der Waals surface area contributed by atoms with E-state index < -0.39 is 5.41 Å². The van der Waals surface area contributed by atoms with E-state index in [1.807, 2.05) is 17.3 Å². The number of furan rings is 1. The molecule has 2 fully saturated rings.